The molecule has 0 saturated carbocycles. The van der Waals surface area contributed by atoms with Crippen molar-refractivity contribution in [3.05, 3.63) is 70.5 Å². The van der Waals surface area contributed by atoms with Crippen molar-refractivity contribution in [2.24, 2.45) is 0 Å². The quantitative estimate of drug-likeness (QED) is 0.337. The first-order valence-electron chi connectivity index (χ1n) is 12.0. The third kappa shape index (κ3) is 6.04. The van der Waals surface area contributed by atoms with Crippen LogP contribution < -0.4 is 0 Å². The van der Waals surface area contributed by atoms with E-state index in [0.29, 0.717) is 37.0 Å². The third-order valence-electron chi connectivity index (χ3n) is 6.60. The van der Waals surface area contributed by atoms with E-state index < -0.39 is 53.4 Å². The van der Waals surface area contributed by atoms with Crippen LogP contribution in [0.1, 0.15) is 42.6 Å². The van der Waals surface area contributed by atoms with Crippen LogP contribution in [0.25, 0.3) is 0 Å². The first-order valence-corrected chi connectivity index (χ1v) is 15.3. The predicted molar refractivity (Wildman–Crippen MR) is 138 cm³/mol. The number of benzene rings is 2. The van der Waals surface area contributed by atoms with Crippen LogP contribution in [0.2, 0.25) is 5.02 Å². The van der Waals surface area contributed by atoms with Gasteiger partial charge in [-0.15, -0.1) is 0 Å². The molecular formula is C25H25ClF3N3O6S2. The van der Waals surface area contributed by atoms with Crippen molar-refractivity contribution < 1.29 is 39.5 Å². The fraction of sp³-hybridized carbons (Fsp3) is 0.360. The van der Waals surface area contributed by atoms with Crippen molar-refractivity contribution in [1.82, 2.24) is 14.1 Å². The maximum absolute atomic E-state index is 13.8. The lowest BCUT2D eigenvalue weighted by Crippen LogP contribution is -2.33. The molecule has 0 aliphatic heterocycles. The molecule has 0 radical (unpaired) electrons. The molecule has 0 N–H and O–H groups in total. The van der Waals surface area contributed by atoms with Crippen molar-refractivity contribution in [2.45, 2.75) is 59.6 Å². The van der Waals surface area contributed by atoms with Gasteiger partial charge in [0.25, 0.3) is 0 Å². The molecule has 1 aliphatic rings. The van der Waals surface area contributed by atoms with E-state index in [2.05, 4.69) is 5.10 Å². The highest BCUT2D eigenvalue weighted by molar-refractivity contribution is 7.91. The van der Waals surface area contributed by atoms with E-state index in [-0.39, 0.29) is 23.1 Å². The Balaban J connectivity index is 1.74. The molecular weight excluding hydrogens is 595 g/mol. The van der Waals surface area contributed by atoms with Gasteiger partial charge in [0.2, 0.25) is 19.9 Å². The predicted octanol–water partition coefficient (Wildman–Crippen LogP) is 4.65. The number of hydrogen-bond acceptors (Lipinski definition) is 7. The maximum Gasteiger partial charge on any atom is 0.416 e. The van der Waals surface area contributed by atoms with Gasteiger partial charge in [0.05, 0.1) is 39.0 Å². The average Bonchev–Trinajstić information content (AvgIpc) is 3.30. The molecule has 40 heavy (non-hydrogen) atoms. The van der Waals surface area contributed by atoms with Crippen LogP contribution in [0.15, 0.2) is 63.3 Å². The van der Waals surface area contributed by atoms with Crippen LogP contribution in [0.5, 0.6) is 0 Å². The van der Waals surface area contributed by atoms with E-state index in [1.54, 1.807) is 4.68 Å². The Bertz CT molecular complexity index is 1640. The van der Waals surface area contributed by atoms with Gasteiger partial charge >= 0.3 is 12.1 Å². The minimum Gasteiger partial charge on any atom is -0.464 e. The molecule has 1 heterocycles. The van der Waals surface area contributed by atoms with E-state index in [1.165, 1.54) is 32.3 Å². The number of sulfonamides is 1. The smallest absolute Gasteiger partial charge is 0.416 e. The van der Waals surface area contributed by atoms with Crippen LogP contribution >= 0.6 is 11.6 Å². The van der Waals surface area contributed by atoms with Gasteiger partial charge in [-0.25, -0.2) is 16.8 Å². The summed E-state index contributed by atoms with van der Waals surface area (Å²) in [6.07, 6.45) is -2.02. The molecule has 0 amide bonds. The number of rotatable bonds is 8. The van der Waals surface area contributed by atoms with Gasteiger partial charge in [0.1, 0.15) is 6.61 Å². The molecule has 2 aromatic carbocycles. The van der Waals surface area contributed by atoms with Gasteiger partial charge in [0.15, 0.2) is 0 Å². The lowest BCUT2D eigenvalue weighted by atomic mass is 9.93. The minimum atomic E-state index is -5.02. The van der Waals surface area contributed by atoms with E-state index in [1.807, 2.05) is 0 Å². The highest BCUT2D eigenvalue weighted by Crippen LogP contribution is 2.39. The van der Waals surface area contributed by atoms with Gasteiger partial charge in [-0.1, -0.05) is 11.6 Å². The molecule has 1 atom stereocenters. The number of halogens is 4. The Morgan fingerprint density at radius 1 is 1.10 bits per heavy atom. The SMILES string of the molecule is CC(=O)OCCn1ncc2c1CCC[C@H]2N(C)S(=O)(=O)c1cc(C(F)(F)F)cc(S(=O)(=O)c2ccc(Cl)cc2)c1. The first kappa shape index (κ1) is 30.0. The topological polar surface area (TPSA) is 116 Å². The molecule has 9 nitrogen and oxygen atoms in total. The Kier molecular flexibility index (Phi) is 8.37. The molecule has 1 aromatic heterocycles. The van der Waals surface area contributed by atoms with Gasteiger partial charge in [-0.3, -0.25) is 9.48 Å². The Hall–Kier alpha value is -2.94. The zero-order valence-electron chi connectivity index (χ0n) is 21.4. The van der Waals surface area contributed by atoms with Crippen LogP contribution in [0.3, 0.4) is 0 Å². The maximum atomic E-state index is 13.8. The average molecular weight is 620 g/mol. The number of hydrogen-bond donors (Lipinski definition) is 0. The molecule has 15 heteroatoms. The summed E-state index contributed by atoms with van der Waals surface area (Å²) in [6, 6.07) is 5.59. The highest BCUT2D eigenvalue weighted by atomic mass is 35.5. The third-order valence-corrected chi connectivity index (χ3v) is 10.4. The summed E-state index contributed by atoms with van der Waals surface area (Å²) in [5, 5.41) is 4.50. The van der Waals surface area contributed by atoms with Gasteiger partial charge in [0, 0.05) is 30.3 Å². The van der Waals surface area contributed by atoms with Crippen molar-refractivity contribution in [1.29, 1.82) is 0 Å². The Morgan fingerprint density at radius 2 is 1.75 bits per heavy atom. The van der Waals surface area contributed by atoms with E-state index in [0.717, 1.165) is 28.2 Å². The Morgan fingerprint density at radius 3 is 2.38 bits per heavy atom. The summed E-state index contributed by atoms with van der Waals surface area (Å²) in [7, 11) is -7.90. The lowest BCUT2D eigenvalue weighted by molar-refractivity contribution is -0.141. The number of carbonyl (C=O) groups is 1. The Labute approximate surface area is 234 Å². The minimum absolute atomic E-state index is 0.0668. The van der Waals surface area contributed by atoms with E-state index in [9.17, 15) is 34.8 Å². The van der Waals surface area contributed by atoms with Crippen LogP contribution in [0, 0.1) is 0 Å². The van der Waals surface area contributed by atoms with Crippen molar-refractivity contribution in [3.8, 4) is 0 Å². The fourth-order valence-corrected chi connectivity index (χ4v) is 7.53. The van der Waals surface area contributed by atoms with Crippen molar-refractivity contribution in [3.63, 3.8) is 0 Å². The molecule has 0 unspecified atom stereocenters. The molecule has 216 valence electrons. The van der Waals surface area contributed by atoms with E-state index in [4.69, 9.17) is 16.3 Å². The second kappa shape index (κ2) is 11.1. The number of sulfone groups is 1. The summed E-state index contributed by atoms with van der Waals surface area (Å²) < 4.78 is 103. The number of esters is 1. The molecule has 0 bridgehead atoms. The number of aromatic nitrogens is 2. The zero-order valence-corrected chi connectivity index (χ0v) is 23.7. The molecule has 4 rings (SSSR count). The summed E-state index contributed by atoms with van der Waals surface area (Å²) in [5.74, 6) is -0.455. The lowest BCUT2D eigenvalue weighted by Gasteiger charge is -2.31. The van der Waals surface area contributed by atoms with Crippen LogP contribution in [-0.4, -0.2) is 50.5 Å². The zero-order chi connectivity index (χ0) is 29.5. The second-order valence-electron chi connectivity index (χ2n) is 9.19. The molecule has 3 aromatic rings. The summed E-state index contributed by atoms with van der Waals surface area (Å²) in [5.41, 5.74) is -0.126. The van der Waals surface area contributed by atoms with Gasteiger partial charge < -0.3 is 4.74 Å². The monoisotopic (exact) mass is 619 g/mol. The number of ether oxygens (including phenoxy) is 1. The van der Waals surface area contributed by atoms with Gasteiger partial charge in [-0.2, -0.15) is 22.6 Å². The highest BCUT2D eigenvalue weighted by Gasteiger charge is 2.38. The first-order chi connectivity index (χ1) is 18.6. The number of alkyl halides is 3. The fourth-order valence-electron chi connectivity index (χ4n) is 4.56. The molecule has 1 aliphatic carbocycles. The number of carbonyl (C=O) groups excluding carboxylic acids is 1. The summed E-state index contributed by atoms with van der Waals surface area (Å²) in [6.45, 7) is 1.59. The van der Waals surface area contributed by atoms with E-state index >= 15 is 0 Å². The van der Waals surface area contributed by atoms with Crippen LogP contribution in [0.4, 0.5) is 13.2 Å². The number of nitrogens with zero attached hydrogens (tertiary/aromatic N) is 3. The summed E-state index contributed by atoms with van der Waals surface area (Å²) in [4.78, 5) is 9.10. The van der Waals surface area contributed by atoms with Crippen LogP contribution in [-0.2, 0) is 48.5 Å². The molecule has 0 saturated heterocycles. The largest absolute Gasteiger partial charge is 0.464 e. The normalized spacial score (nSPS) is 16.1. The van der Waals surface area contributed by atoms with Gasteiger partial charge in [-0.05, 0) is 61.7 Å². The number of fused-ring (bicyclic) bond motifs is 1. The molecule has 0 fully saturated rings. The summed E-state index contributed by atoms with van der Waals surface area (Å²) >= 11 is 5.81. The van der Waals surface area contributed by atoms with Crippen molar-refractivity contribution >= 4 is 37.4 Å². The molecule has 0 spiro atoms. The van der Waals surface area contributed by atoms with Crippen molar-refractivity contribution in [2.75, 3.05) is 13.7 Å². The standard InChI is InChI=1S/C25H25ClF3N3O6S2/c1-16(33)38-11-10-32-24-5-3-4-23(22(24)15-30-32)31(2)40(36,37)21-13-17(25(27,28)29)12-20(14-21)39(34,35)19-8-6-18(26)7-9-19/h6-9,12-15,23H,3-5,10-11H2,1-2H3/t23-/m1/s1. The second-order valence-corrected chi connectivity index (χ2v) is 13.6.